The van der Waals surface area contributed by atoms with Gasteiger partial charge in [0.1, 0.15) is 21.5 Å². The fourth-order valence-electron chi connectivity index (χ4n) is 2.91. The van der Waals surface area contributed by atoms with Crippen LogP contribution >= 0.6 is 11.8 Å². The number of rotatable bonds is 5. The van der Waals surface area contributed by atoms with Crippen molar-refractivity contribution in [3.63, 3.8) is 0 Å². The molecule has 6 nitrogen and oxygen atoms in total. The van der Waals surface area contributed by atoms with Gasteiger partial charge in [0.05, 0.1) is 7.11 Å². The lowest BCUT2D eigenvalue weighted by molar-refractivity contribution is -0.0809. The van der Waals surface area contributed by atoms with E-state index in [1.54, 1.807) is 24.3 Å². The van der Waals surface area contributed by atoms with E-state index in [-0.39, 0.29) is 23.6 Å². The maximum atomic E-state index is 14.4. The van der Waals surface area contributed by atoms with E-state index in [0.717, 1.165) is 40.0 Å². The third-order valence-electron chi connectivity index (χ3n) is 4.36. The van der Waals surface area contributed by atoms with E-state index < -0.39 is 22.5 Å². The molecule has 1 unspecified atom stereocenters. The van der Waals surface area contributed by atoms with Crippen molar-refractivity contribution in [1.82, 2.24) is 10.1 Å². The van der Waals surface area contributed by atoms with Crippen LogP contribution in [0.25, 0.3) is 0 Å². The Labute approximate surface area is 165 Å². The standard InChI is InChI=1S/C19H19F2N3O3S/c1-23(27-2)18(26)24-19(10-11-25,13-6-4-3-5-7-13)28-17(22-24)15-12-14(20)8-9-16(15)21/h3-9,12,25H,10-11H2,1-2H3. The molecule has 2 aromatic rings. The fourth-order valence-corrected chi connectivity index (χ4v) is 4.27. The maximum absolute atomic E-state index is 14.4. The molecule has 1 heterocycles. The molecule has 1 N–H and O–H groups in total. The highest BCUT2D eigenvalue weighted by Gasteiger charge is 2.49. The lowest BCUT2D eigenvalue weighted by Gasteiger charge is -2.36. The summed E-state index contributed by atoms with van der Waals surface area (Å²) in [4.78, 5) is 16.8. The van der Waals surface area contributed by atoms with Gasteiger partial charge < -0.3 is 5.11 Å². The molecule has 2 aromatic carbocycles. The Hall–Kier alpha value is -2.49. The van der Waals surface area contributed by atoms with E-state index in [9.17, 15) is 18.7 Å². The minimum absolute atomic E-state index is 0.0568. The molecular formula is C19H19F2N3O3S. The number of halogens is 2. The Morgan fingerprint density at radius 3 is 2.64 bits per heavy atom. The maximum Gasteiger partial charge on any atom is 0.365 e. The van der Waals surface area contributed by atoms with Crippen molar-refractivity contribution in [3.05, 3.63) is 71.3 Å². The summed E-state index contributed by atoms with van der Waals surface area (Å²) in [7, 11) is 2.74. The number of amides is 2. The highest BCUT2D eigenvalue weighted by Crippen LogP contribution is 2.50. The van der Waals surface area contributed by atoms with E-state index in [0.29, 0.717) is 5.56 Å². The first-order valence-electron chi connectivity index (χ1n) is 8.44. The van der Waals surface area contributed by atoms with Gasteiger partial charge in [0, 0.05) is 25.6 Å². The quantitative estimate of drug-likeness (QED) is 0.771. The number of urea groups is 1. The summed E-state index contributed by atoms with van der Waals surface area (Å²) in [5.74, 6) is -1.28. The third-order valence-corrected chi connectivity index (χ3v) is 5.80. The summed E-state index contributed by atoms with van der Waals surface area (Å²) in [6, 6.07) is 11.4. The molecule has 0 spiro atoms. The zero-order chi connectivity index (χ0) is 20.3. The number of benzene rings is 2. The zero-order valence-corrected chi connectivity index (χ0v) is 16.1. The van der Waals surface area contributed by atoms with Gasteiger partial charge in [0.15, 0.2) is 0 Å². The molecule has 1 atom stereocenters. The number of hydrogen-bond donors (Lipinski definition) is 1. The van der Waals surface area contributed by atoms with Gasteiger partial charge in [-0.05, 0) is 23.8 Å². The second-order valence-corrected chi connectivity index (χ2v) is 7.30. The number of aliphatic hydroxyl groups excluding tert-OH is 1. The van der Waals surface area contributed by atoms with Gasteiger partial charge in [-0.1, -0.05) is 42.1 Å². The average molecular weight is 407 g/mol. The molecule has 0 bridgehead atoms. The molecule has 1 aliphatic rings. The van der Waals surface area contributed by atoms with Crippen molar-refractivity contribution < 1.29 is 23.5 Å². The van der Waals surface area contributed by atoms with Crippen LogP contribution in [0, 0.1) is 11.6 Å². The number of carbonyl (C=O) groups is 1. The minimum Gasteiger partial charge on any atom is -0.396 e. The minimum atomic E-state index is -1.14. The van der Waals surface area contributed by atoms with Crippen LogP contribution in [-0.2, 0) is 9.71 Å². The smallest absolute Gasteiger partial charge is 0.365 e. The molecule has 2 amide bonds. The highest BCUT2D eigenvalue weighted by molar-refractivity contribution is 8.15. The van der Waals surface area contributed by atoms with E-state index >= 15 is 0 Å². The lowest BCUT2D eigenvalue weighted by Crippen LogP contribution is -2.47. The largest absolute Gasteiger partial charge is 0.396 e. The molecule has 148 valence electrons. The Kier molecular flexibility index (Phi) is 5.97. The molecule has 0 saturated carbocycles. The molecule has 28 heavy (non-hydrogen) atoms. The fraction of sp³-hybridized carbons (Fsp3) is 0.263. The van der Waals surface area contributed by atoms with Crippen molar-refractivity contribution in [1.29, 1.82) is 0 Å². The Morgan fingerprint density at radius 2 is 2.00 bits per heavy atom. The van der Waals surface area contributed by atoms with Crippen LogP contribution in [0.2, 0.25) is 0 Å². The Balaban J connectivity index is 2.15. The van der Waals surface area contributed by atoms with Gasteiger partial charge in [0.2, 0.25) is 0 Å². The van der Waals surface area contributed by atoms with Crippen LogP contribution in [-0.4, -0.2) is 47.0 Å². The van der Waals surface area contributed by atoms with Gasteiger partial charge in [-0.25, -0.2) is 18.6 Å². The Bertz CT molecular complexity index is 897. The van der Waals surface area contributed by atoms with Crippen LogP contribution in [0.1, 0.15) is 17.5 Å². The summed E-state index contributed by atoms with van der Waals surface area (Å²) in [6.07, 6.45) is 0.120. The molecule has 0 radical (unpaired) electrons. The summed E-state index contributed by atoms with van der Waals surface area (Å²) in [5.41, 5.74) is 0.626. The van der Waals surface area contributed by atoms with Crippen LogP contribution < -0.4 is 0 Å². The van der Waals surface area contributed by atoms with Gasteiger partial charge in [0.25, 0.3) is 0 Å². The number of hydrogen-bond acceptors (Lipinski definition) is 5. The molecule has 0 aromatic heterocycles. The number of carbonyl (C=O) groups excluding carboxylic acids is 1. The molecule has 0 aliphatic carbocycles. The first-order valence-corrected chi connectivity index (χ1v) is 9.26. The highest BCUT2D eigenvalue weighted by atomic mass is 32.2. The van der Waals surface area contributed by atoms with Crippen molar-refractivity contribution in [3.8, 4) is 0 Å². The SMILES string of the molecule is CON(C)C(=O)N1N=C(c2cc(F)ccc2F)SC1(CCO)c1ccccc1. The van der Waals surface area contributed by atoms with Gasteiger partial charge >= 0.3 is 6.03 Å². The average Bonchev–Trinajstić information content (AvgIpc) is 3.10. The number of nitrogens with zero attached hydrogens (tertiary/aromatic N) is 3. The van der Waals surface area contributed by atoms with Crippen molar-refractivity contribution in [2.75, 3.05) is 20.8 Å². The van der Waals surface area contributed by atoms with Crippen LogP contribution in [0.4, 0.5) is 13.6 Å². The summed E-state index contributed by atoms with van der Waals surface area (Å²) >= 11 is 1.08. The van der Waals surface area contributed by atoms with E-state index in [1.807, 2.05) is 6.07 Å². The van der Waals surface area contributed by atoms with E-state index in [1.165, 1.54) is 14.2 Å². The van der Waals surface area contributed by atoms with Crippen molar-refractivity contribution in [2.45, 2.75) is 11.3 Å². The summed E-state index contributed by atoms with van der Waals surface area (Å²) in [6.45, 7) is -0.253. The monoisotopic (exact) mass is 407 g/mol. The van der Waals surface area contributed by atoms with Crippen LogP contribution in [0.15, 0.2) is 53.6 Å². The van der Waals surface area contributed by atoms with Crippen molar-refractivity contribution >= 4 is 22.8 Å². The van der Waals surface area contributed by atoms with Crippen LogP contribution in [0.5, 0.6) is 0 Å². The third kappa shape index (κ3) is 3.60. The number of hydrazone groups is 1. The molecule has 9 heteroatoms. The molecule has 0 fully saturated rings. The predicted molar refractivity (Wildman–Crippen MR) is 102 cm³/mol. The molecule has 3 rings (SSSR count). The van der Waals surface area contributed by atoms with E-state index in [2.05, 4.69) is 5.10 Å². The van der Waals surface area contributed by atoms with Gasteiger partial charge in [-0.15, -0.1) is 0 Å². The van der Waals surface area contributed by atoms with Gasteiger partial charge in [-0.3, -0.25) is 4.84 Å². The number of hydroxylamine groups is 2. The first-order chi connectivity index (χ1) is 13.4. The summed E-state index contributed by atoms with van der Waals surface area (Å²) < 4.78 is 28.1. The molecule has 1 aliphatic heterocycles. The first kappa shape index (κ1) is 20.2. The zero-order valence-electron chi connectivity index (χ0n) is 15.3. The summed E-state index contributed by atoms with van der Waals surface area (Å²) in [5, 5.41) is 16.3. The molecular weight excluding hydrogens is 388 g/mol. The van der Waals surface area contributed by atoms with Gasteiger partial charge in [-0.2, -0.15) is 10.1 Å². The van der Waals surface area contributed by atoms with Crippen LogP contribution in [0.3, 0.4) is 0 Å². The van der Waals surface area contributed by atoms with E-state index in [4.69, 9.17) is 4.84 Å². The predicted octanol–water partition coefficient (Wildman–Crippen LogP) is 3.52. The second kappa shape index (κ2) is 8.26. The van der Waals surface area contributed by atoms with Crippen molar-refractivity contribution in [2.24, 2.45) is 5.10 Å². The normalized spacial score (nSPS) is 18.9. The second-order valence-electron chi connectivity index (χ2n) is 6.03. The topological polar surface area (TPSA) is 65.4 Å². The lowest BCUT2D eigenvalue weighted by atomic mass is 10.0. The molecule has 0 saturated heterocycles. The Morgan fingerprint density at radius 1 is 1.29 bits per heavy atom. The number of aliphatic hydroxyl groups is 1. The number of thioether (sulfide) groups is 1.